The van der Waals surface area contributed by atoms with E-state index in [0.29, 0.717) is 12.3 Å². The Morgan fingerprint density at radius 2 is 2.05 bits per heavy atom. The van der Waals surface area contributed by atoms with Crippen molar-refractivity contribution in [3.63, 3.8) is 0 Å². The van der Waals surface area contributed by atoms with Crippen LogP contribution in [-0.4, -0.2) is 25.1 Å². The Balaban J connectivity index is 1.93. The number of aromatic nitrogens is 1. The minimum Gasteiger partial charge on any atom is -0.366 e. The van der Waals surface area contributed by atoms with Gasteiger partial charge < -0.3 is 10.0 Å². The first kappa shape index (κ1) is 13.5. The normalized spacial score (nSPS) is 22.2. The van der Waals surface area contributed by atoms with Crippen molar-refractivity contribution in [3.8, 4) is 0 Å². The number of aliphatic hydroxyl groups is 1. The topological polar surface area (TPSA) is 36.4 Å². The standard InChI is InChI=1S/C15H14N2OS2/c18-15(13-6-2-1-3-7-13)11-20-14(19)17(15)10-12-5-4-8-16-9-12/h1-9,18H,10-11H2/t15-/m1/s1. The van der Waals surface area contributed by atoms with Crippen LogP contribution in [0.25, 0.3) is 0 Å². The zero-order chi connectivity index (χ0) is 14.0. The highest BCUT2D eigenvalue weighted by molar-refractivity contribution is 8.23. The molecule has 1 aromatic carbocycles. The predicted octanol–water partition coefficient (Wildman–Crippen LogP) is 2.76. The second kappa shape index (κ2) is 5.52. The maximum atomic E-state index is 11.1. The molecule has 3 nitrogen and oxygen atoms in total. The van der Waals surface area contributed by atoms with Crippen molar-refractivity contribution in [3.05, 3.63) is 66.0 Å². The van der Waals surface area contributed by atoms with Crippen LogP contribution in [0, 0.1) is 0 Å². The van der Waals surface area contributed by atoms with Crippen molar-refractivity contribution >= 4 is 28.3 Å². The molecule has 1 aliphatic rings. The number of hydrogen-bond acceptors (Lipinski definition) is 4. The number of nitrogens with zero attached hydrogens (tertiary/aromatic N) is 2. The second-order valence-electron chi connectivity index (χ2n) is 4.68. The lowest BCUT2D eigenvalue weighted by Gasteiger charge is -2.34. The summed E-state index contributed by atoms with van der Waals surface area (Å²) in [7, 11) is 0. The molecule has 0 spiro atoms. The molecule has 1 saturated heterocycles. The minimum absolute atomic E-state index is 0.552. The first-order valence-corrected chi connectivity index (χ1v) is 7.71. The zero-order valence-corrected chi connectivity index (χ0v) is 12.4. The fourth-order valence-corrected chi connectivity index (χ4v) is 3.69. The van der Waals surface area contributed by atoms with Gasteiger partial charge in [-0.05, 0) is 11.6 Å². The van der Waals surface area contributed by atoms with Gasteiger partial charge in [0.25, 0.3) is 0 Å². The van der Waals surface area contributed by atoms with Crippen LogP contribution in [0.1, 0.15) is 11.1 Å². The van der Waals surface area contributed by atoms with Crippen LogP contribution < -0.4 is 0 Å². The molecule has 2 aromatic rings. The third kappa shape index (κ3) is 2.44. The van der Waals surface area contributed by atoms with Gasteiger partial charge in [-0.3, -0.25) is 4.98 Å². The molecule has 5 heteroatoms. The van der Waals surface area contributed by atoms with Crippen LogP contribution in [0.3, 0.4) is 0 Å². The predicted molar refractivity (Wildman–Crippen MR) is 85.2 cm³/mol. The molecule has 1 aromatic heterocycles. The van der Waals surface area contributed by atoms with Gasteiger partial charge in [0, 0.05) is 24.5 Å². The molecule has 20 heavy (non-hydrogen) atoms. The van der Waals surface area contributed by atoms with Crippen LogP contribution in [0.4, 0.5) is 0 Å². The van der Waals surface area contributed by atoms with Crippen LogP contribution in [0.2, 0.25) is 0 Å². The molecule has 1 fully saturated rings. The summed E-state index contributed by atoms with van der Waals surface area (Å²) in [4.78, 5) is 5.99. The van der Waals surface area contributed by atoms with E-state index in [4.69, 9.17) is 12.2 Å². The molecular formula is C15H14N2OS2. The maximum absolute atomic E-state index is 11.1. The van der Waals surface area contributed by atoms with Crippen LogP contribution in [0.5, 0.6) is 0 Å². The monoisotopic (exact) mass is 302 g/mol. The lowest BCUT2D eigenvalue weighted by Crippen LogP contribution is -2.43. The number of benzene rings is 1. The average Bonchev–Trinajstić information content (AvgIpc) is 2.79. The maximum Gasteiger partial charge on any atom is 0.175 e. The van der Waals surface area contributed by atoms with E-state index in [9.17, 15) is 5.11 Å². The van der Waals surface area contributed by atoms with E-state index < -0.39 is 5.72 Å². The van der Waals surface area contributed by atoms with E-state index in [1.165, 1.54) is 11.8 Å². The van der Waals surface area contributed by atoms with E-state index in [2.05, 4.69) is 4.98 Å². The molecule has 0 radical (unpaired) electrons. The molecule has 0 unspecified atom stereocenters. The van der Waals surface area contributed by atoms with Gasteiger partial charge >= 0.3 is 0 Å². The molecule has 1 aliphatic heterocycles. The summed E-state index contributed by atoms with van der Waals surface area (Å²) in [6.45, 7) is 0.561. The summed E-state index contributed by atoms with van der Waals surface area (Å²) in [6, 6.07) is 13.6. The van der Waals surface area contributed by atoms with Gasteiger partial charge in [0.15, 0.2) is 5.72 Å². The summed E-state index contributed by atoms with van der Waals surface area (Å²) >= 11 is 6.91. The van der Waals surface area contributed by atoms with Gasteiger partial charge in [0.05, 0.1) is 5.75 Å². The Morgan fingerprint density at radius 1 is 1.25 bits per heavy atom. The molecule has 1 N–H and O–H groups in total. The van der Waals surface area contributed by atoms with E-state index >= 15 is 0 Å². The van der Waals surface area contributed by atoms with Crippen LogP contribution in [-0.2, 0) is 12.3 Å². The largest absolute Gasteiger partial charge is 0.366 e. The smallest absolute Gasteiger partial charge is 0.175 e. The molecule has 0 bridgehead atoms. The van der Waals surface area contributed by atoms with Gasteiger partial charge in [0.2, 0.25) is 0 Å². The molecule has 0 amide bonds. The van der Waals surface area contributed by atoms with Crippen molar-refractivity contribution in [1.82, 2.24) is 9.88 Å². The van der Waals surface area contributed by atoms with Gasteiger partial charge in [-0.25, -0.2) is 0 Å². The number of thiocarbonyl (C=S) groups is 1. The number of hydrogen-bond donors (Lipinski definition) is 1. The Kier molecular flexibility index (Phi) is 3.74. The zero-order valence-electron chi connectivity index (χ0n) is 10.8. The Hall–Kier alpha value is -1.43. The van der Waals surface area contributed by atoms with Gasteiger partial charge in [0.1, 0.15) is 4.32 Å². The fourth-order valence-electron chi connectivity index (χ4n) is 2.28. The Bertz CT molecular complexity index is 606. The van der Waals surface area contributed by atoms with E-state index in [0.717, 1.165) is 15.4 Å². The van der Waals surface area contributed by atoms with Crippen LogP contribution >= 0.6 is 24.0 Å². The minimum atomic E-state index is -1.04. The number of rotatable bonds is 3. The van der Waals surface area contributed by atoms with Gasteiger partial charge in [-0.2, -0.15) is 0 Å². The Labute approximate surface area is 127 Å². The molecule has 102 valence electrons. The van der Waals surface area contributed by atoms with E-state index in [1.807, 2.05) is 47.4 Å². The first-order valence-electron chi connectivity index (χ1n) is 6.31. The fraction of sp³-hybridized carbons (Fsp3) is 0.200. The third-order valence-corrected chi connectivity index (χ3v) is 4.95. The second-order valence-corrected chi connectivity index (χ2v) is 6.29. The average molecular weight is 302 g/mol. The van der Waals surface area contributed by atoms with E-state index in [1.54, 1.807) is 12.4 Å². The van der Waals surface area contributed by atoms with Crippen molar-refractivity contribution in [2.45, 2.75) is 12.3 Å². The molecule has 0 saturated carbocycles. The Morgan fingerprint density at radius 3 is 2.75 bits per heavy atom. The highest BCUT2D eigenvalue weighted by Gasteiger charge is 2.43. The van der Waals surface area contributed by atoms with Crippen LogP contribution in [0.15, 0.2) is 54.9 Å². The highest BCUT2D eigenvalue weighted by atomic mass is 32.2. The van der Waals surface area contributed by atoms with Crippen molar-refractivity contribution in [2.75, 3.05) is 5.75 Å². The molecule has 1 atom stereocenters. The summed E-state index contributed by atoms with van der Waals surface area (Å²) in [6.07, 6.45) is 3.54. The van der Waals surface area contributed by atoms with Gasteiger partial charge in [-0.1, -0.05) is 60.4 Å². The lowest BCUT2D eigenvalue weighted by atomic mass is 10.0. The molecule has 0 aliphatic carbocycles. The first-order chi connectivity index (χ1) is 9.70. The molecule has 3 rings (SSSR count). The van der Waals surface area contributed by atoms with Crippen molar-refractivity contribution < 1.29 is 5.11 Å². The number of thioether (sulfide) groups is 1. The van der Waals surface area contributed by atoms with Gasteiger partial charge in [-0.15, -0.1) is 0 Å². The van der Waals surface area contributed by atoms with Crippen molar-refractivity contribution in [1.29, 1.82) is 0 Å². The molecule has 2 heterocycles. The third-order valence-electron chi connectivity index (χ3n) is 3.36. The molecular weight excluding hydrogens is 288 g/mol. The van der Waals surface area contributed by atoms with Crippen molar-refractivity contribution in [2.24, 2.45) is 0 Å². The van der Waals surface area contributed by atoms with E-state index in [-0.39, 0.29) is 0 Å². The quantitative estimate of drug-likeness (QED) is 0.882. The lowest BCUT2D eigenvalue weighted by molar-refractivity contribution is -0.0509. The SMILES string of the molecule is O[C@@]1(c2ccccc2)CSC(=S)N1Cc1cccnc1. The number of pyridine rings is 1. The summed E-state index contributed by atoms with van der Waals surface area (Å²) in [5.41, 5.74) is 0.863. The summed E-state index contributed by atoms with van der Waals surface area (Å²) in [5.74, 6) is 0.552. The highest BCUT2D eigenvalue weighted by Crippen LogP contribution is 2.39. The summed E-state index contributed by atoms with van der Waals surface area (Å²) in [5, 5.41) is 11.1. The summed E-state index contributed by atoms with van der Waals surface area (Å²) < 4.78 is 0.722.